The number of hydrogen-bond acceptors (Lipinski definition) is 2. The number of nitrogens with zero attached hydrogens (tertiary/aromatic N) is 2. The number of aryl methyl sites for hydroxylation is 1. The van der Waals surface area contributed by atoms with Crippen LogP contribution in [0.3, 0.4) is 0 Å². The van der Waals surface area contributed by atoms with E-state index in [0.29, 0.717) is 22.1 Å². The van der Waals surface area contributed by atoms with Crippen LogP contribution in [-0.4, -0.2) is 16.8 Å². The Hall–Kier alpha value is -1.55. The van der Waals surface area contributed by atoms with E-state index in [9.17, 15) is 4.39 Å². The van der Waals surface area contributed by atoms with Gasteiger partial charge in [-0.15, -0.1) is 0 Å². The highest BCUT2D eigenvalue weighted by Crippen LogP contribution is 2.27. The van der Waals surface area contributed by atoms with Gasteiger partial charge in [0.25, 0.3) is 0 Å². The summed E-state index contributed by atoms with van der Waals surface area (Å²) in [5.74, 6) is 0.381. The maximum atomic E-state index is 13.6. The molecule has 0 radical (unpaired) electrons. The average Bonchev–Trinajstić information content (AvgIpc) is 2.63. The Morgan fingerprint density at radius 3 is 2.75 bits per heavy atom. The van der Waals surface area contributed by atoms with Gasteiger partial charge in [0.1, 0.15) is 11.6 Å². The summed E-state index contributed by atoms with van der Waals surface area (Å²) in [6, 6.07) is 6.24. The van der Waals surface area contributed by atoms with Crippen molar-refractivity contribution in [1.82, 2.24) is 9.78 Å². The molecule has 3 nitrogen and oxygen atoms in total. The fraction of sp³-hybridized carbons (Fsp3) is 0.182. The van der Waals surface area contributed by atoms with Crippen LogP contribution in [-0.2, 0) is 7.05 Å². The molecule has 0 bridgehead atoms. The molecule has 0 fully saturated rings. The molecule has 1 aromatic carbocycles. The van der Waals surface area contributed by atoms with Gasteiger partial charge in [0, 0.05) is 30.7 Å². The minimum Gasteiger partial charge on any atom is -0.372 e. The summed E-state index contributed by atoms with van der Waals surface area (Å²) in [6.45, 7) is 0. The topological polar surface area (TPSA) is 29.9 Å². The zero-order chi connectivity index (χ0) is 11.7. The second-order valence-electron chi connectivity index (χ2n) is 3.41. The van der Waals surface area contributed by atoms with Gasteiger partial charge < -0.3 is 5.32 Å². The van der Waals surface area contributed by atoms with Gasteiger partial charge in [0.05, 0.1) is 5.69 Å². The molecular weight excluding hydrogens is 229 g/mol. The van der Waals surface area contributed by atoms with Crippen LogP contribution in [0, 0.1) is 5.82 Å². The van der Waals surface area contributed by atoms with Crippen molar-refractivity contribution < 1.29 is 4.39 Å². The quantitative estimate of drug-likeness (QED) is 0.873. The molecule has 2 aromatic rings. The lowest BCUT2D eigenvalue weighted by atomic mass is 10.1. The van der Waals surface area contributed by atoms with Crippen molar-refractivity contribution in [2.45, 2.75) is 0 Å². The molecule has 0 atom stereocenters. The third-order valence-corrected chi connectivity index (χ3v) is 2.58. The lowest BCUT2D eigenvalue weighted by Crippen LogP contribution is -1.96. The molecule has 0 spiro atoms. The van der Waals surface area contributed by atoms with E-state index in [2.05, 4.69) is 10.4 Å². The van der Waals surface area contributed by atoms with Gasteiger partial charge in [-0.05, 0) is 18.2 Å². The predicted molar refractivity (Wildman–Crippen MR) is 63.2 cm³/mol. The zero-order valence-electron chi connectivity index (χ0n) is 8.96. The third kappa shape index (κ3) is 1.88. The smallest absolute Gasteiger partial charge is 0.148 e. The largest absolute Gasteiger partial charge is 0.372 e. The summed E-state index contributed by atoms with van der Waals surface area (Å²) >= 11 is 5.85. The molecule has 0 saturated carbocycles. The normalized spacial score (nSPS) is 10.5. The number of nitrogens with one attached hydrogen (secondary N) is 1. The van der Waals surface area contributed by atoms with Crippen molar-refractivity contribution in [1.29, 1.82) is 0 Å². The summed E-state index contributed by atoms with van der Waals surface area (Å²) in [7, 11) is 3.52. The SMILES string of the molecule is CNc1cc(-c2cc(Cl)ccc2F)n(C)n1. The first-order valence-electron chi connectivity index (χ1n) is 4.79. The van der Waals surface area contributed by atoms with Gasteiger partial charge in [0.2, 0.25) is 0 Å². The molecule has 1 N–H and O–H groups in total. The Morgan fingerprint density at radius 2 is 2.12 bits per heavy atom. The Kier molecular flexibility index (Phi) is 2.83. The molecule has 16 heavy (non-hydrogen) atoms. The molecule has 0 amide bonds. The molecule has 0 aliphatic carbocycles. The van der Waals surface area contributed by atoms with E-state index in [0.717, 1.165) is 0 Å². The fourth-order valence-corrected chi connectivity index (χ4v) is 1.71. The van der Waals surface area contributed by atoms with Crippen LogP contribution in [0.2, 0.25) is 5.02 Å². The van der Waals surface area contributed by atoms with E-state index in [1.807, 2.05) is 0 Å². The van der Waals surface area contributed by atoms with Crippen LogP contribution in [0.1, 0.15) is 0 Å². The molecule has 84 valence electrons. The van der Waals surface area contributed by atoms with Gasteiger partial charge in [-0.2, -0.15) is 5.10 Å². The van der Waals surface area contributed by atoms with Gasteiger partial charge in [-0.25, -0.2) is 4.39 Å². The molecule has 0 saturated heterocycles. The van der Waals surface area contributed by atoms with Gasteiger partial charge in [0.15, 0.2) is 0 Å². The van der Waals surface area contributed by atoms with Crippen molar-refractivity contribution >= 4 is 17.4 Å². The fourth-order valence-electron chi connectivity index (χ4n) is 1.54. The summed E-state index contributed by atoms with van der Waals surface area (Å²) in [5, 5.41) is 7.58. The maximum absolute atomic E-state index is 13.6. The molecule has 0 aliphatic rings. The van der Waals surface area contributed by atoms with E-state index in [4.69, 9.17) is 11.6 Å². The molecule has 0 aliphatic heterocycles. The summed E-state index contributed by atoms with van der Waals surface area (Å²) in [4.78, 5) is 0. The maximum Gasteiger partial charge on any atom is 0.148 e. The minimum atomic E-state index is -0.310. The molecule has 1 aromatic heterocycles. The lowest BCUT2D eigenvalue weighted by Gasteiger charge is -2.03. The van der Waals surface area contributed by atoms with Crippen LogP contribution in [0.15, 0.2) is 24.3 Å². The molecular formula is C11H11ClFN3. The van der Waals surface area contributed by atoms with E-state index in [1.165, 1.54) is 12.1 Å². The highest BCUT2D eigenvalue weighted by molar-refractivity contribution is 6.30. The van der Waals surface area contributed by atoms with Gasteiger partial charge in [-0.3, -0.25) is 4.68 Å². The van der Waals surface area contributed by atoms with Crippen LogP contribution in [0.25, 0.3) is 11.3 Å². The first kappa shape index (κ1) is 11.0. The number of benzene rings is 1. The Bertz CT molecular complexity index is 522. The van der Waals surface area contributed by atoms with Crippen LogP contribution < -0.4 is 5.32 Å². The number of anilines is 1. The predicted octanol–water partition coefficient (Wildman–Crippen LogP) is 2.92. The standard InChI is InChI=1S/C11H11ClFN3/c1-14-11-6-10(16(2)15-11)8-5-7(12)3-4-9(8)13/h3-6H,1-2H3,(H,14,15). The number of hydrogen-bond donors (Lipinski definition) is 1. The van der Waals surface area contributed by atoms with E-state index in [1.54, 1.807) is 30.9 Å². The second kappa shape index (κ2) is 4.14. The minimum absolute atomic E-state index is 0.310. The van der Waals surface area contributed by atoms with Crippen LogP contribution in [0.4, 0.5) is 10.2 Å². The molecule has 5 heteroatoms. The molecule has 1 heterocycles. The Labute approximate surface area is 97.8 Å². The molecule has 2 rings (SSSR count). The van der Waals surface area contributed by atoms with E-state index < -0.39 is 0 Å². The van der Waals surface area contributed by atoms with Gasteiger partial charge in [-0.1, -0.05) is 11.6 Å². The van der Waals surface area contributed by atoms with Crippen molar-refractivity contribution in [3.05, 3.63) is 35.1 Å². The second-order valence-corrected chi connectivity index (χ2v) is 3.85. The van der Waals surface area contributed by atoms with Crippen LogP contribution >= 0.6 is 11.6 Å². The average molecular weight is 240 g/mol. The summed E-state index contributed by atoms with van der Waals surface area (Å²) < 4.78 is 15.2. The van der Waals surface area contributed by atoms with Crippen molar-refractivity contribution in [2.75, 3.05) is 12.4 Å². The zero-order valence-corrected chi connectivity index (χ0v) is 9.72. The lowest BCUT2D eigenvalue weighted by molar-refractivity contribution is 0.628. The van der Waals surface area contributed by atoms with Gasteiger partial charge >= 0.3 is 0 Å². The molecule has 0 unspecified atom stereocenters. The van der Waals surface area contributed by atoms with Crippen molar-refractivity contribution in [3.8, 4) is 11.3 Å². The first-order valence-corrected chi connectivity index (χ1v) is 5.17. The van der Waals surface area contributed by atoms with Crippen molar-refractivity contribution in [3.63, 3.8) is 0 Å². The van der Waals surface area contributed by atoms with Crippen molar-refractivity contribution in [2.24, 2.45) is 7.05 Å². The number of rotatable bonds is 2. The Morgan fingerprint density at radius 1 is 1.38 bits per heavy atom. The highest BCUT2D eigenvalue weighted by Gasteiger charge is 2.11. The first-order chi connectivity index (χ1) is 7.61. The summed E-state index contributed by atoms with van der Waals surface area (Å²) in [5.41, 5.74) is 1.13. The summed E-state index contributed by atoms with van der Waals surface area (Å²) in [6.07, 6.45) is 0. The monoisotopic (exact) mass is 239 g/mol. The third-order valence-electron chi connectivity index (χ3n) is 2.34. The van der Waals surface area contributed by atoms with Crippen LogP contribution in [0.5, 0.6) is 0 Å². The number of aromatic nitrogens is 2. The van der Waals surface area contributed by atoms with E-state index in [-0.39, 0.29) is 5.82 Å². The Balaban J connectivity index is 2.57. The van der Waals surface area contributed by atoms with E-state index >= 15 is 0 Å². The highest BCUT2D eigenvalue weighted by atomic mass is 35.5. The number of halogens is 2.